The normalized spacial score (nSPS) is 15.4. The van der Waals surface area contributed by atoms with Crippen molar-refractivity contribution >= 4 is 0 Å². The van der Waals surface area contributed by atoms with Gasteiger partial charge in [0.2, 0.25) is 0 Å². The molecule has 128 valence electrons. The van der Waals surface area contributed by atoms with Crippen LogP contribution in [0.1, 0.15) is 34.1 Å². The van der Waals surface area contributed by atoms with Gasteiger partial charge in [-0.1, -0.05) is 0 Å². The van der Waals surface area contributed by atoms with Gasteiger partial charge in [-0.15, -0.1) is 13.2 Å². The molecule has 0 unspecified atom stereocenters. The van der Waals surface area contributed by atoms with Crippen LogP contribution in [-0.2, 0) is 9.47 Å². The molecule has 1 N–H and O–H groups in total. The van der Waals surface area contributed by atoms with E-state index < -0.39 is 42.6 Å². The van der Waals surface area contributed by atoms with Gasteiger partial charge in [0.15, 0.2) is 0 Å². The molecule has 10 heteroatoms. The topological polar surface area (TPSA) is 38.7 Å². The van der Waals surface area contributed by atoms with Gasteiger partial charge in [0.05, 0.1) is 5.60 Å². The molecule has 0 aliphatic rings. The van der Waals surface area contributed by atoms with Crippen molar-refractivity contribution in [2.75, 3.05) is 6.61 Å². The van der Waals surface area contributed by atoms with Gasteiger partial charge in [-0.3, -0.25) is 4.74 Å². The molecule has 0 spiro atoms. The van der Waals surface area contributed by atoms with Crippen LogP contribution in [0.2, 0.25) is 0 Å². The molecule has 0 rings (SSSR count). The average molecular weight is 330 g/mol. The number of rotatable bonds is 7. The smallest absolute Gasteiger partial charge is 0.396 e. The fourth-order valence-electron chi connectivity index (χ4n) is 1.44. The first-order valence-electron chi connectivity index (χ1n) is 5.81. The van der Waals surface area contributed by atoms with Crippen molar-refractivity contribution < 1.29 is 45.3 Å². The monoisotopic (exact) mass is 330 g/mol. The van der Waals surface area contributed by atoms with E-state index in [0.717, 1.165) is 13.8 Å². The molecule has 21 heavy (non-hydrogen) atoms. The summed E-state index contributed by atoms with van der Waals surface area (Å²) in [4.78, 5) is 0. The standard InChI is InChI=1S/C11H17F7O3/c1-7(2,5-6-19)20-10(14,15)9(12,13)8(3,4)21-11(16,17)18/h19H,5-6H2,1-4H3. The zero-order chi connectivity index (χ0) is 17.3. The van der Waals surface area contributed by atoms with Crippen LogP contribution in [-0.4, -0.2) is 41.3 Å². The Morgan fingerprint density at radius 3 is 1.57 bits per heavy atom. The highest BCUT2D eigenvalue weighted by molar-refractivity contribution is 4.95. The minimum Gasteiger partial charge on any atom is -0.396 e. The summed E-state index contributed by atoms with van der Waals surface area (Å²) in [6.07, 6.45) is -11.2. The molecule has 3 nitrogen and oxygen atoms in total. The summed E-state index contributed by atoms with van der Waals surface area (Å²) in [5.74, 6) is -5.28. The lowest BCUT2D eigenvalue weighted by molar-refractivity contribution is -0.450. The van der Waals surface area contributed by atoms with Crippen LogP contribution in [0.25, 0.3) is 0 Å². The van der Waals surface area contributed by atoms with E-state index in [2.05, 4.69) is 9.47 Å². The van der Waals surface area contributed by atoms with E-state index in [-0.39, 0.29) is 13.8 Å². The Morgan fingerprint density at radius 2 is 1.24 bits per heavy atom. The highest BCUT2D eigenvalue weighted by Gasteiger charge is 2.70. The number of hydrogen-bond acceptors (Lipinski definition) is 3. The summed E-state index contributed by atoms with van der Waals surface area (Å²) in [6, 6.07) is 0. The van der Waals surface area contributed by atoms with Gasteiger partial charge in [0.25, 0.3) is 0 Å². The maximum Gasteiger partial charge on any atom is 0.523 e. The summed E-state index contributed by atoms with van der Waals surface area (Å²) >= 11 is 0. The first-order chi connectivity index (χ1) is 8.97. The zero-order valence-corrected chi connectivity index (χ0v) is 11.8. The maximum absolute atomic E-state index is 13.7. The Balaban J connectivity index is 5.36. The predicted octanol–water partition coefficient (Wildman–Crippen LogP) is 3.71. The van der Waals surface area contributed by atoms with E-state index in [1.807, 2.05) is 0 Å². The predicted molar refractivity (Wildman–Crippen MR) is 58.0 cm³/mol. The van der Waals surface area contributed by atoms with Gasteiger partial charge in [0, 0.05) is 6.61 Å². The number of aliphatic hydroxyl groups excluding tert-OH is 1. The van der Waals surface area contributed by atoms with Gasteiger partial charge in [-0.05, 0) is 34.1 Å². The first kappa shape index (κ1) is 20.4. The van der Waals surface area contributed by atoms with Crippen LogP contribution >= 0.6 is 0 Å². The Morgan fingerprint density at radius 1 is 0.810 bits per heavy atom. The quantitative estimate of drug-likeness (QED) is 0.723. The lowest BCUT2D eigenvalue weighted by Gasteiger charge is -2.40. The van der Waals surface area contributed by atoms with Crippen LogP contribution in [0.15, 0.2) is 0 Å². The summed E-state index contributed by atoms with van der Waals surface area (Å²) in [7, 11) is 0. The Hall–Kier alpha value is -0.610. The Kier molecular flexibility index (Phi) is 5.71. The minimum absolute atomic E-state index is 0.177. The van der Waals surface area contributed by atoms with Crippen molar-refractivity contribution in [2.24, 2.45) is 0 Å². The second kappa shape index (κ2) is 5.88. The summed E-state index contributed by atoms with van der Waals surface area (Å²) in [5.41, 5.74) is -5.44. The van der Waals surface area contributed by atoms with Crippen LogP contribution in [0, 0.1) is 0 Å². The van der Waals surface area contributed by atoms with Gasteiger partial charge in [-0.25, -0.2) is 0 Å². The number of halogens is 7. The van der Waals surface area contributed by atoms with Crippen molar-refractivity contribution in [1.29, 1.82) is 0 Å². The van der Waals surface area contributed by atoms with E-state index in [9.17, 15) is 30.7 Å². The Bertz CT molecular complexity index is 350. The van der Waals surface area contributed by atoms with E-state index in [1.54, 1.807) is 0 Å². The molecule has 0 saturated heterocycles. The van der Waals surface area contributed by atoms with Crippen molar-refractivity contribution in [2.45, 2.75) is 63.7 Å². The van der Waals surface area contributed by atoms with E-state index in [0.29, 0.717) is 0 Å². The fourth-order valence-corrected chi connectivity index (χ4v) is 1.44. The van der Waals surface area contributed by atoms with Crippen molar-refractivity contribution in [3.63, 3.8) is 0 Å². The van der Waals surface area contributed by atoms with Crippen molar-refractivity contribution in [3.8, 4) is 0 Å². The maximum atomic E-state index is 13.7. The molecule has 0 bridgehead atoms. The van der Waals surface area contributed by atoms with E-state index in [4.69, 9.17) is 5.11 Å². The van der Waals surface area contributed by atoms with Gasteiger partial charge in [-0.2, -0.15) is 17.6 Å². The number of aliphatic hydroxyl groups is 1. The second-order valence-electron chi connectivity index (χ2n) is 5.48. The van der Waals surface area contributed by atoms with Crippen LogP contribution < -0.4 is 0 Å². The molecule has 0 aromatic heterocycles. The minimum atomic E-state index is -5.52. The van der Waals surface area contributed by atoms with Gasteiger partial charge >= 0.3 is 18.4 Å². The summed E-state index contributed by atoms with van der Waals surface area (Å²) < 4.78 is 97.8. The van der Waals surface area contributed by atoms with E-state index in [1.165, 1.54) is 0 Å². The summed E-state index contributed by atoms with van der Waals surface area (Å²) in [6.45, 7) is 1.71. The second-order valence-corrected chi connectivity index (χ2v) is 5.48. The highest BCUT2D eigenvalue weighted by Crippen LogP contribution is 2.48. The van der Waals surface area contributed by atoms with Crippen molar-refractivity contribution in [1.82, 2.24) is 0 Å². The largest absolute Gasteiger partial charge is 0.523 e. The molecule has 0 radical (unpaired) electrons. The zero-order valence-electron chi connectivity index (χ0n) is 11.8. The third-order valence-electron chi connectivity index (χ3n) is 2.61. The van der Waals surface area contributed by atoms with Crippen LogP contribution in [0.4, 0.5) is 30.7 Å². The average Bonchev–Trinajstić information content (AvgIpc) is 2.10. The lowest BCUT2D eigenvalue weighted by Crippen LogP contribution is -2.61. The summed E-state index contributed by atoms with van der Waals surface area (Å²) in [5, 5.41) is 8.63. The highest BCUT2D eigenvalue weighted by atomic mass is 19.4. The third kappa shape index (κ3) is 5.26. The molecule has 0 fully saturated rings. The molecule has 0 atom stereocenters. The molecule has 0 saturated carbocycles. The molecule has 0 aromatic rings. The fraction of sp³-hybridized carbons (Fsp3) is 1.00. The van der Waals surface area contributed by atoms with Gasteiger partial charge < -0.3 is 9.84 Å². The molecular formula is C11H17F7O3. The number of ether oxygens (including phenoxy) is 2. The molecule has 0 aliphatic carbocycles. The lowest BCUT2D eigenvalue weighted by atomic mass is 9.98. The molecule has 0 heterocycles. The molecule has 0 aromatic carbocycles. The molecule has 0 amide bonds. The number of hydrogen-bond donors (Lipinski definition) is 1. The SMILES string of the molecule is CC(C)(CCO)OC(F)(F)C(F)(F)C(C)(C)OC(F)(F)F. The third-order valence-corrected chi connectivity index (χ3v) is 2.61. The molecular weight excluding hydrogens is 313 g/mol. The number of alkyl halides is 7. The van der Waals surface area contributed by atoms with Crippen LogP contribution in [0.3, 0.4) is 0 Å². The molecule has 0 aliphatic heterocycles. The Labute approximate surface area is 117 Å². The van der Waals surface area contributed by atoms with Crippen LogP contribution in [0.5, 0.6) is 0 Å². The van der Waals surface area contributed by atoms with Gasteiger partial charge in [0.1, 0.15) is 5.60 Å². The van der Waals surface area contributed by atoms with Crippen molar-refractivity contribution in [3.05, 3.63) is 0 Å². The van der Waals surface area contributed by atoms with E-state index >= 15 is 0 Å². The first-order valence-corrected chi connectivity index (χ1v) is 5.81.